The lowest BCUT2D eigenvalue weighted by Crippen LogP contribution is -2.57. The number of amides is 3. The highest BCUT2D eigenvalue weighted by Gasteiger charge is 2.71. The van der Waals surface area contributed by atoms with Gasteiger partial charge in [-0.3, -0.25) is 14.4 Å². The van der Waals surface area contributed by atoms with Crippen molar-refractivity contribution in [2.75, 3.05) is 49.6 Å². The molecule has 8 nitrogen and oxygen atoms in total. The zero-order valence-electron chi connectivity index (χ0n) is 23.5. The minimum absolute atomic E-state index is 0.0626. The SMILES string of the molecule is CCN(CC)c1ccc(N2CC=C[C@]34S[C@@H]5C=CCN(C)C(=O)[C@@H]5[C@H]3C(=O)N([C@@H](CO)C(C)C)C4C2=O)cc1. The van der Waals surface area contributed by atoms with Gasteiger partial charge in [-0.2, -0.15) is 0 Å². The molecule has 0 saturated carbocycles. The van der Waals surface area contributed by atoms with Crippen LogP contribution >= 0.6 is 11.8 Å². The smallest absolute Gasteiger partial charge is 0.251 e. The van der Waals surface area contributed by atoms with Gasteiger partial charge < -0.3 is 24.7 Å². The Morgan fingerprint density at radius 3 is 2.33 bits per heavy atom. The normalized spacial score (nSPS) is 30.8. The number of rotatable bonds is 7. The van der Waals surface area contributed by atoms with Crippen molar-refractivity contribution in [1.82, 2.24) is 9.80 Å². The number of anilines is 2. The Morgan fingerprint density at radius 1 is 1.03 bits per heavy atom. The third-order valence-electron chi connectivity index (χ3n) is 8.90. The number of aliphatic hydroxyl groups is 1. The molecule has 2 fully saturated rings. The van der Waals surface area contributed by atoms with Crippen LogP contribution in [-0.2, 0) is 14.4 Å². The van der Waals surface area contributed by atoms with Gasteiger partial charge in [0.1, 0.15) is 6.04 Å². The van der Waals surface area contributed by atoms with E-state index >= 15 is 0 Å². The highest BCUT2D eigenvalue weighted by atomic mass is 32.2. The van der Waals surface area contributed by atoms with Gasteiger partial charge in [-0.25, -0.2) is 0 Å². The van der Waals surface area contributed by atoms with Gasteiger partial charge in [0.25, 0.3) is 5.91 Å². The summed E-state index contributed by atoms with van der Waals surface area (Å²) in [5.74, 6) is -1.73. The second kappa shape index (κ2) is 10.7. The molecule has 1 unspecified atom stereocenters. The Kier molecular flexibility index (Phi) is 7.59. The third kappa shape index (κ3) is 4.29. The van der Waals surface area contributed by atoms with Crippen LogP contribution in [0.2, 0.25) is 0 Å². The number of aliphatic hydroxyl groups excluding tert-OH is 1. The van der Waals surface area contributed by atoms with Crippen LogP contribution in [0.4, 0.5) is 11.4 Å². The molecule has 1 N–H and O–H groups in total. The second-order valence-electron chi connectivity index (χ2n) is 11.3. The Hall–Kier alpha value is -2.78. The van der Waals surface area contributed by atoms with E-state index in [0.717, 1.165) is 24.5 Å². The monoisotopic (exact) mass is 552 g/mol. The fourth-order valence-electron chi connectivity index (χ4n) is 6.84. The van der Waals surface area contributed by atoms with Crippen molar-refractivity contribution in [3.63, 3.8) is 0 Å². The summed E-state index contributed by atoms with van der Waals surface area (Å²) >= 11 is 1.57. The van der Waals surface area contributed by atoms with Gasteiger partial charge in [0, 0.05) is 49.9 Å². The lowest BCUT2D eigenvalue weighted by Gasteiger charge is -2.39. The van der Waals surface area contributed by atoms with E-state index < -0.39 is 28.7 Å². The number of thioether (sulfide) groups is 1. The molecule has 0 aliphatic carbocycles. The van der Waals surface area contributed by atoms with Crippen LogP contribution in [0.25, 0.3) is 0 Å². The van der Waals surface area contributed by atoms with Gasteiger partial charge in [-0.05, 0) is 44.0 Å². The second-order valence-corrected chi connectivity index (χ2v) is 12.8. The highest BCUT2D eigenvalue weighted by Crippen LogP contribution is 2.61. The van der Waals surface area contributed by atoms with Crippen LogP contribution in [0.5, 0.6) is 0 Å². The van der Waals surface area contributed by atoms with Crippen LogP contribution < -0.4 is 9.80 Å². The average Bonchev–Trinajstić information content (AvgIpc) is 3.24. The molecule has 4 aliphatic heterocycles. The van der Waals surface area contributed by atoms with Crippen molar-refractivity contribution < 1.29 is 19.5 Å². The van der Waals surface area contributed by atoms with Crippen molar-refractivity contribution in [3.05, 3.63) is 48.6 Å². The molecule has 210 valence electrons. The molecule has 1 aromatic carbocycles. The lowest BCUT2D eigenvalue weighted by molar-refractivity contribution is -0.144. The maximum Gasteiger partial charge on any atom is 0.251 e. The summed E-state index contributed by atoms with van der Waals surface area (Å²) in [5.41, 5.74) is 1.86. The average molecular weight is 553 g/mol. The Morgan fingerprint density at radius 2 is 1.72 bits per heavy atom. The first-order valence-corrected chi connectivity index (χ1v) is 14.9. The number of carbonyl (C=O) groups is 3. The molecule has 0 bridgehead atoms. The van der Waals surface area contributed by atoms with E-state index in [0.29, 0.717) is 13.1 Å². The topological polar surface area (TPSA) is 84.4 Å². The van der Waals surface area contributed by atoms with E-state index in [4.69, 9.17) is 0 Å². The van der Waals surface area contributed by atoms with Gasteiger partial charge in [0.15, 0.2) is 0 Å². The zero-order valence-corrected chi connectivity index (χ0v) is 24.3. The largest absolute Gasteiger partial charge is 0.394 e. The van der Waals surface area contributed by atoms with E-state index in [-0.39, 0.29) is 35.5 Å². The van der Waals surface area contributed by atoms with E-state index in [1.807, 2.05) is 62.4 Å². The van der Waals surface area contributed by atoms with Gasteiger partial charge in [0.05, 0.1) is 29.2 Å². The van der Waals surface area contributed by atoms with Gasteiger partial charge in [-0.1, -0.05) is 38.2 Å². The van der Waals surface area contributed by atoms with Crippen molar-refractivity contribution in [3.8, 4) is 0 Å². The van der Waals surface area contributed by atoms with E-state index in [1.165, 1.54) is 0 Å². The Balaban J connectivity index is 1.60. The predicted octanol–water partition coefficient (Wildman–Crippen LogP) is 2.78. The van der Waals surface area contributed by atoms with Crippen molar-refractivity contribution >= 4 is 40.9 Å². The first-order valence-electron chi connectivity index (χ1n) is 14.1. The fraction of sp³-hybridized carbons (Fsp3) is 0.567. The summed E-state index contributed by atoms with van der Waals surface area (Å²) in [7, 11) is 1.77. The van der Waals surface area contributed by atoms with Crippen LogP contribution in [0, 0.1) is 17.8 Å². The molecule has 1 aromatic rings. The number of hydrogen-bond donors (Lipinski definition) is 1. The van der Waals surface area contributed by atoms with Gasteiger partial charge in [0.2, 0.25) is 11.8 Å². The van der Waals surface area contributed by atoms with E-state index in [2.05, 4.69) is 18.7 Å². The standard InChI is InChI=1S/C30H40N4O4S/c1-6-32(7-2)20-11-13-21(14-12-20)33-17-9-15-30-25(24-23(39-30)10-8-16-31(5)27(24)36)28(37)34(26(30)29(33)38)22(18-35)19(3)4/h8-15,19,22-26,35H,6-7,16-18H2,1-5H3/t22-,23+,24-,25-,26?,30-/m0/s1. The summed E-state index contributed by atoms with van der Waals surface area (Å²) in [6.07, 6.45) is 8.04. The third-order valence-corrected chi connectivity index (χ3v) is 10.6. The maximum atomic E-state index is 14.6. The zero-order chi connectivity index (χ0) is 28.1. The lowest BCUT2D eigenvalue weighted by atomic mass is 9.78. The molecule has 0 radical (unpaired) electrons. The molecule has 39 heavy (non-hydrogen) atoms. The highest BCUT2D eigenvalue weighted by molar-refractivity contribution is 8.02. The Labute approximate surface area is 235 Å². The van der Waals surface area contributed by atoms with Gasteiger partial charge >= 0.3 is 0 Å². The molecule has 9 heteroatoms. The van der Waals surface area contributed by atoms with Crippen LogP contribution in [-0.4, -0.2) is 94.5 Å². The van der Waals surface area contributed by atoms with Crippen LogP contribution in [0.1, 0.15) is 27.7 Å². The minimum Gasteiger partial charge on any atom is -0.394 e. The predicted molar refractivity (Wildman–Crippen MR) is 156 cm³/mol. The summed E-state index contributed by atoms with van der Waals surface area (Å²) in [6, 6.07) is 6.66. The summed E-state index contributed by atoms with van der Waals surface area (Å²) < 4.78 is -0.889. The molecular weight excluding hydrogens is 512 g/mol. The molecule has 4 heterocycles. The first-order chi connectivity index (χ1) is 18.7. The van der Waals surface area contributed by atoms with Gasteiger partial charge in [-0.15, -0.1) is 11.8 Å². The molecule has 5 rings (SSSR count). The summed E-state index contributed by atoms with van der Waals surface area (Å²) in [4.78, 5) is 49.8. The fourth-order valence-corrected chi connectivity index (χ4v) is 8.84. The van der Waals surface area contributed by atoms with Crippen LogP contribution in [0.3, 0.4) is 0 Å². The summed E-state index contributed by atoms with van der Waals surface area (Å²) in [6.45, 7) is 10.6. The van der Waals surface area contributed by atoms with E-state index in [9.17, 15) is 19.5 Å². The first kappa shape index (κ1) is 27.8. The van der Waals surface area contributed by atoms with E-state index in [1.54, 1.807) is 33.5 Å². The molecule has 6 atom stereocenters. The molecule has 2 saturated heterocycles. The Bertz CT molecular complexity index is 1180. The number of likely N-dealkylation sites (tertiary alicyclic amines) is 1. The number of nitrogens with zero attached hydrogens (tertiary/aromatic N) is 4. The molecule has 3 amide bonds. The number of hydrogen-bond acceptors (Lipinski definition) is 6. The van der Waals surface area contributed by atoms with Crippen molar-refractivity contribution in [1.29, 1.82) is 0 Å². The number of fused-ring (bicyclic) bond motifs is 2. The van der Waals surface area contributed by atoms with Crippen LogP contribution in [0.15, 0.2) is 48.6 Å². The molecule has 0 aromatic heterocycles. The quantitative estimate of drug-likeness (QED) is 0.524. The molecule has 4 aliphatic rings. The van der Waals surface area contributed by atoms with Crippen molar-refractivity contribution in [2.24, 2.45) is 17.8 Å². The maximum absolute atomic E-state index is 14.6. The minimum atomic E-state index is -0.889. The molecule has 1 spiro atoms. The number of carbonyl (C=O) groups excluding carboxylic acids is 3. The summed E-state index contributed by atoms with van der Waals surface area (Å²) in [5, 5.41) is 10.2. The molecular formula is C30H40N4O4S. The number of likely N-dealkylation sites (N-methyl/N-ethyl adjacent to an activating group) is 1. The van der Waals surface area contributed by atoms with Crippen molar-refractivity contribution in [2.45, 2.75) is 49.8 Å². The number of benzene rings is 1.